The number of hydrogen-bond donors (Lipinski definition) is 2. The second kappa shape index (κ2) is 6.87. The zero-order valence-corrected chi connectivity index (χ0v) is 12.0. The summed E-state index contributed by atoms with van der Waals surface area (Å²) in [6, 6.07) is 10.3. The molecule has 18 heavy (non-hydrogen) atoms. The fourth-order valence-corrected chi connectivity index (χ4v) is 2.90. The molecule has 0 aliphatic rings. The van der Waals surface area contributed by atoms with Crippen LogP contribution < -0.4 is 5.32 Å². The number of nitrogens with one attached hydrogen (secondary N) is 1. The third kappa shape index (κ3) is 4.08. The molecule has 2 aromatic rings. The van der Waals surface area contributed by atoms with Gasteiger partial charge in [-0.2, -0.15) is 12.6 Å². The quantitative estimate of drug-likeness (QED) is 0.484. The van der Waals surface area contributed by atoms with Gasteiger partial charge in [-0.3, -0.25) is 5.32 Å². The molecule has 2 rings (SSSR count). The second-order valence-corrected chi connectivity index (χ2v) is 6.19. The summed E-state index contributed by atoms with van der Waals surface area (Å²) in [6.45, 7) is 3.62. The monoisotopic (exact) mass is 279 g/mol. The lowest BCUT2D eigenvalue weighted by Gasteiger charge is -2.12. The lowest BCUT2D eigenvalue weighted by atomic mass is 10.4. The van der Waals surface area contributed by atoms with Crippen LogP contribution in [0.1, 0.15) is 5.82 Å². The van der Waals surface area contributed by atoms with E-state index in [1.54, 1.807) is 11.8 Å². The van der Waals surface area contributed by atoms with Gasteiger partial charge in [-0.15, -0.1) is 11.8 Å². The molecular weight excluding hydrogens is 262 g/mol. The standard InChI is InChI=1S/C13H17N3S2/c1-11-15-7-8-16(11)10-14-9-13(17)18-12-5-3-2-4-6-12/h2-8,13-14,17H,9-10H2,1H3. The van der Waals surface area contributed by atoms with E-state index in [1.165, 1.54) is 4.90 Å². The fraction of sp³-hybridized carbons (Fsp3) is 0.308. The summed E-state index contributed by atoms with van der Waals surface area (Å²) in [6.07, 6.45) is 3.79. The number of aromatic nitrogens is 2. The van der Waals surface area contributed by atoms with Crippen molar-refractivity contribution in [2.75, 3.05) is 6.54 Å². The highest BCUT2D eigenvalue weighted by molar-refractivity contribution is 8.10. The van der Waals surface area contributed by atoms with Crippen molar-refractivity contribution < 1.29 is 0 Å². The predicted octanol–water partition coefficient (Wildman–Crippen LogP) is 2.79. The van der Waals surface area contributed by atoms with Crippen molar-refractivity contribution in [3.63, 3.8) is 0 Å². The zero-order chi connectivity index (χ0) is 12.8. The van der Waals surface area contributed by atoms with Gasteiger partial charge in [0.05, 0.1) is 11.3 Å². The molecule has 96 valence electrons. The van der Waals surface area contributed by atoms with Gasteiger partial charge in [0, 0.05) is 23.8 Å². The normalized spacial score (nSPS) is 12.6. The predicted molar refractivity (Wildman–Crippen MR) is 80.0 cm³/mol. The highest BCUT2D eigenvalue weighted by Gasteiger charge is 2.04. The van der Waals surface area contributed by atoms with Crippen molar-refractivity contribution in [1.29, 1.82) is 0 Å². The number of hydrogen-bond acceptors (Lipinski definition) is 4. The van der Waals surface area contributed by atoms with Crippen LogP contribution in [0.5, 0.6) is 0 Å². The van der Waals surface area contributed by atoms with E-state index in [9.17, 15) is 0 Å². The fourth-order valence-electron chi connectivity index (χ4n) is 1.58. The maximum absolute atomic E-state index is 4.57. The molecule has 1 aromatic carbocycles. The molecule has 0 fully saturated rings. The number of nitrogens with zero attached hydrogens (tertiary/aromatic N) is 2. The summed E-state index contributed by atoms with van der Waals surface area (Å²) in [5, 5.41) is 3.37. The second-order valence-electron chi connectivity index (χ2n) is 3.94. The van der Waals surface area contributed by atoms with Crippen LogP contribution in [0, 0.1) is 6.92 Å². The Morgan fingerprint density at radius 3 is 2.83 bits per heavy atom. The topological polar surface area (TPSA) is 29.9 Å². The molecule has 1 aromatic heterocycles. The lowest BCUT2D eigenvalue weighted by Crippen LogP contribution is -2.24. The summed E-state index contributed by atoms with van der Waals surface area (Å²) in [5.41, 5.74) is 0. The summed E-state index contributed by atoms with van der Waals surface area (Å²) < 4.78 is 2.32. The van der Waals surface area contributed by atoms with Crippen LogP contribution in [0.3, 0.4) is 0 Å². The Morgan fingerprint density at radius 1 is 1.39 bits per heavy atom. The first-order valence-electron chi connectivity index (χ1n) is 5.84. The first-order chi connectivity index (χ1) is 8.75. The maximum atomic E-state index is 4.57. The highest BCUT2D eigenvalue weighted by Crippen LogP contribution is 2.24. The largest absolute Gasteiger partial charge is 0.322 e. The average molecular weight is 279 g/mol. The van der Waals surface area contributed by atoms with Crippen molar-refractivity contribution >= 4 is 24.4 Å². The van der Waals surface area contributed by atoms with Gasteiger partial charge in [0.2, 0.25) is 0 Å². The molecule has 0 radical (unpaired) electrons. The third-order valence-electron chi connectivity index (χ3n) is 2.54. The van der Waals surface area contributed by atoms with Crippen LogP contribution in [0.25, 0.3) is 0 Å². The minimum absolute atomic E-state index is 0.247. The van der Waals surface area contributed by atoms with Gasteiger partial charge in [0.15, 0.2) is 0 Å². The van der Waals surface area contributed by atoms with Crippen molar-refractivity contribution in [3.05, 3.63) is 48.5 Å². The highest BCUT2D eigenvalue weighted by atomic mass is 32.2. The van der Waals surface area contributed by atoms with Gasteiger partial charge < -0.3 is 4.57 Å². The number of aryl methyl sites for hydroxylation is 1. The zero-order valence-electron chi connectivity index (χ0n) is 10.3. The third-order valence-corrected chi connectivity index (χ3v) is 4.02. The molecule has 0 amide bonds. The average Bonchev–Trinajstić information content (AvgIpc) is 2.76. The smallest absolute Gasteiger partial charge is 0.106 e. The van der Waals surface area contributed by atoms with E-state index in [-0.39, 0.29) is 4.58 Å². The van der Waals surface area contributed by atoms with Gasteiger partial charge in [-0.05, 0) is 19.1 Å². The van der Waals surface area contributed by atoms with Gasteiger partial charge >= 0.3 is 0 Å². The van der Waals surface area contributed by atoms with E-state index < -0.39 is 0 Å². The van der Waals surface area contributed by atoms with Gasteiger partial charge in [-0.25, -0.2) is 4.98 Å². The molecule has 0 spiro atoms. The molecule has 0 aliphatic heterocycles. The summed E-state index contributed by atoms with van der Waals surface area (Å²) >= 11 is 6.34. The van der Waals surface area contributed by atoms with Gasteiger partial charge in [0.1, 0.15) is 5.82 Å². The van der Waals surface area contributed by atoms with E-state index in [0.29, 0.717) is 0 Å². The van der Waals surface area contributed by atoms with Crippen LogP contribution in [0.4, 0.5) is 0 Å². The number of thiol groups is 1. The molecule has 1 N–H and O–H groups in total. The van der Waals surface area contributed by atoms with Crippen LogP contribution >= 0.6 is 24.4 Å². The molecule has 0 saturated heterocycles. The number of thioether (sulfide) groups is 1. The van der Waals surface area contributed by atoms with Gasteiger partial charge in [-0.1, -0.05) is 18.2 Å². The molecule has 0 aliphatic carbocycles. The number of benzene rings is 1. The Morgan fingerprint density at radius 2 is 2.17 bits per heavy atom. The van der Waals surface area contributed by atoms with E-state index in [4.69, 9.17) is 0 Å². The number of imidazole rings is 1. The minimum atomic E-state index is 0.247. The Labute approximate surface area is 117 Å². The Hall–Kier alpha value is -0.910. The lowest BCUT2D eigenvalue weighted by molar-refractivity contribution is 0.562. The first kappa shape index (κ1) is 13.5. The van der Waals surface area contributed by atoms with Crippen LogP contribution in [0.15, 0.2) is 47.6 Å². The minimum Gasteiger partial charge on any atom is -0.322 e. The molecule has 5 heteroatoms. The van der Waals surface area contributed by atoms with Crippen molar-refractivity contribution in [2.45, 2.75) is 23.1 Å². The van der Waals surface area contributed by atoms with Crippen LogP contribution in [-0.2, 0) is 6.67 Å². The SMILES string of the molecule is Cc1nccn1CNCC(S)Sc1ccccc1. The Kier molecular flexibility index (Phi) is 5.16. The van der Waals surface area contributed by atoms with E-state index in [2.05, 4.69) is 39.6 Å². The summed E-state index contributed by atoms with van der Waals surface area (Å²) in [7, 11) is 0. The first-order valence-corrected chi connectivity index (χ1v) is 7.23. The molecule has 3 nitrogen and oxygen atoms in total. The van der Waals surface area contributed by atoms with E-state index in [1.807, 2.05) is 37.5 Å². The van der Waals surface area contributed by atoms with Crippen molar-refractivity contribution in [3.8, 4) is 0 Å². The van der Waals surface area contributed by atoms with E-state index >= 15 is 0 Å². The van der Waals surface area contributed by atoms with Crippen molar-refractivity contribution in [2.24, 2.45) is 0 Å². The molecule has 0 bridgehead atoms. The molecular formula is C13H17N3S2. The molecule has 1 heterocycles. The molecule has 0 saturated carbocycles. The Balaban J connectivity index is 1.72. The summed E-state index contributed by atoms with van der Waals surface area (Å²) in [4.78, 5) is 5.43. The van der Waals surface area contributed by atoms with Crippen molar-refractivity contribution in [1.82, 2.24) is 14.9 Å². The molecule has 1 unspecified atom stereocenters. The van der Waals surface area contributed by atoms with Crippen LogP contribution in [-0.4, -0.2) is 20.7 Å². The summed E-state index contributed by atoms with van der Waals surface area (Å²) in [5.74, 6) is 1.02. The van der Waals surface area contributed by atoms with Crippen LogP contribution in [0.2, 0.25) is 0 Å². The van der Waals surface area contributed by atoms with Gasteiger partial charge in [0.25, 0.3) is 0 Å². The van der Waals surface area contributed by atoms with E-state index in [0.717, 1.165) is 19.0 Å². The maximum Gasteiger partial charge on any atom is 0.106 e. The number of rotatable bonds is 6. The Bertz CT molecular complexity index is 470. The molecule has 1 atom stereocenters.